The Labute approximate surface area is 682 Å². The molecule has 0 N–H and O–H groups in total. The van der Waals surface area contributed by atoms with E-state index in [4.69, 9.17) is 0 Å². The maximum Gasteiger partial charge on any atom is 0.0540 e. The second-order valence-electron chi connectivity index (χ2n) is 29.8. The minimum atomic E-state index is 1.10. The zero-order valence-electron chi connectivity index (χ0n) is 63.4. The van der Waals surface area contributed by atoms with Gasteiger partial charge in [0, 0.05) is 74.3 Å². The maximum atomic E-state index is 2.41. The zero-order chi connectivity index (χ0) is 76.8. The molecule has 2 nitrogen and oxygen atoms in total. The van der Waals surface area contributed by atoms with E-state index in [0.717, 1.165) is 34.1 Å². The van der Waals surface area contributed by atoms with Gasteiger partial charge >= 0.3 is 0 Å². The third-order valence-electron chi connectivity index (χ3n) is 22.9. The second kappa shape index (κ2) is 30.2. The van der Waals surface area contributed by atoms with E-state index >= 15 is 0 Å². The van der Waals surface area contributed by atoms with Crippen molar-refractivity contribution in [2.45, 2.75) is 0 Å². The minimum absolute atomic E-state index is 1.10. The first-order valence-electron chi connectivity index (χ1n) is 39.7. The lowest BCUT2D eigenvalue weighted by Gasteiger charge is -2.29. The highest BCUT2D eigenvalue weighted by Crippen LogP contribution is 2.48. The Morgan fingerprint density at radius 1 is 0.147 bits per heavy atom. The van der Waals surface area contributed by atoms with Crippen molar-refractivity contribution in [1.82, 2.24) is 0 Å². The van der Waals surface area contributed by atoms with Crippen molar-refractivity contribution in [2.24, 2.45) is 0 Å². The smallest absolute Gasteiger partial charge is 0.0540 e. The molecular formula is C112H74N2S2. The van der Waals surface area contributed by atoms with Gasteiger partial charge in [0.05, 0.1) is 5.69 Å². The Hall–Kier alpha value is -14.5. The Balaban J connectivity index is 0.000000145. The summed E-state index contributed by atoms with van der Waals surface area (Å²) in [5, 5.41) is 15.5. The lowest BCUT2D eigenvalue weighted by molar-refractivity contribution is 1.28. The van der Waals surface area contributed by atoms with Crippen LogP contribution in [0.4, 0.5) is 34.1 Å². The van der Waals surface area contributed by atoms with E-state index in [1.165, 1.54) is 172 Å². The van der Waals surface area contributed by atoms with E-state index in [-0.39, 0.29) is 0 Å². The summed E-state index contributed by atoms with van der Waals surface area (Å²) in [7, 11) is 0. The van der Waals surface area contributed by atoms with Crippen LogP contribution < -0.4 is 9.80 Å². The number of benzene rings is 20. The van der Waals surface area contributed by atoms with Gasteiger partial charge in [-0.2, -0.15) is 0 Å². The number of anilines is 6. The van der Waals surface area contributed by atoms with Crippen molar-refractivity contribution in [3.63, 3.8) is 0 Å². The third kappa shape index (κ3) is 13.2. The largest absolute Gasteiger partial charge is 0.310 e. The molecule has 0 atom stereocenters. The van der Waals surface area contributed by atoms with Crippen LogP contribution in [-0.4, -0.2) is 0 Å². The van der Waals surface area contributed by atoms with Crippen LogP contribution in [0, 0.1) is 0 Å². The van der Waals surface area contributed by atoms with Crippen LogP contribution in [0.1, 0.15) is 0 Å². The van der Waals surface area contributed by atoms with E-state index < -0.39 is 0 Å². The van der Waals surface area contributed by atoms with Gasteiger partial charge in [0.1, 0.15) is 0 Å². The molecular weight excluding hydrogens is 1440 g/mol. The minimum Gasteiger partial charge on any atom is -0.310 e. The standard InChI is InChI=1S/2C56H37NS/c1-3-12-38(13-4-1)44-29-35-54(53(37-44)40-14-5-2-6-15-40)57(47-32-26-42(27-33-47)50-19-11-20-52-51-18-9-10-21-55(51)58-56(50)52)46-30-24-39(25-31-46)43-28-34-49-45(36-43)23-22-41-16-7-8-17-48(41)49;1-2-10-38(11-3-1)39-20-22-40(23-21-39)44-13-8-14-49(37-44)57(48-33-28-43(29-34-48)52-17-9-18-54-53-16-6-7-19-55(53)58-56(52)54)47-31-26-41(27-32-47)45-30-35-51-46(36-45)25-24-42-12-4-5-15-50(42)51/h2*1-37H. The molecule has 0 radical (unpaired) electrons. The van der Waals surface area contributed by atoms with Gasteiger partial charge in [0.25, 0.3) is 0 Å². The molecule has 116 heavy (non-hydrogen) atoms. The summed E-state index contributed by atoms with van der Waals surface area (Å²) in [5.41, 5.74) is 25.9. The predicted octanol–water partition coefficient (Wildman–Crippen LogP) is 33.0. The number of thiophene rings is 2. The summed E-state index contributed by atoms with van der Waals surface area (Å²) in [4.78, 5) is 4.79. The Morgan fingerprint density at radius 2 is 0.448 bits per heavy atom. The number of nitrogens with zero attached hydrogens (tertiary/aromatic N) is 2. The van der Waals surface area contributed by atoms with E-state index in [1.54, 1.807) is 0 Å². The number of fused-ring (bicyclic) bond motifs is 12. The van der Waals surface area contributed by atoms with Gasteiger partial charge in [-0.1, -0.05) is 352 Å². The second-order valence-corrected chi connectivity index (χ2v) is 31.9. The van der Waals surface area contributed by atoms with Gasteiger partial charge in [0.15, 0.2) is 0 Å². The van der Waals surface area contributed by atoms with Crippen LogP contribution in [0.15, 0.2) is 449 Å². The molecule has 22 rings (SSSR count). The molecule has 2 heterocycles. The monoisotopic (exact) mass is 1510 g/mol. The maximum absolute atomic E-state index is 2.41. The van der Waals surface area contributed by atoms with Crippen molar-refractivity contribution in [3.05, 3.63) is 449 Å². The molecule has 2 aromatic heterocycles. The van der Waals surface area contributed by atoms with Crippen molar-refractivity contribution >= 4 is 140 Å². The Morgan fingerprint density at radius 3 is 0.931 bits per heavy atom. The summed E-state index contributed by atoms with van der Waals surface area (Å²) < 4.78 is 5.30. The van der Waals surface area contributed by atoms with Crippen molar-refractivity contribution in [2.75, 3.05) is 9.80 Å². The highest BCUT2D eigenvalue weighted by Gasteiger charge is 2.22. The van der Waals surface area contributed by atoms with Crippen LogP contribution in [-0.2, 0) is 0 Å². The summed E-state index contributed by atoms with van der Waals surface area (Å²) >= 11 is 3.75. The fourth-order valence-corrected chi connectivity index (χ4v) is 19.6. The molecule has 0 aliphatic carbocycles. The van der Waals surface area contributed by atoms with E-state index in [2.05, 4.69) is 459 Å². The van der Waals surface area contributed by atoms with Crippen LogP contribution in [0.5, 0.6) is 0 Å². The zero-order valence-corrected chi connectivity index (χ0v) is 65.1. The number of hydrogen-bond acceptors (Lipinski definition) is 4. The molecule has 0 saturated heterocycles. The molecule has 22 aromatic rings. The molecule has 4 heteroatoms. The lowest BCUT2D eigenvalue weighted by atomic mass is 9.95. The van der Waals surface area contributed by atoms with Crippen molar-refractivity contribution < 1.29 is 0 Å². The molecule has 0 fully saturated rings. The first kappa shape index (κ1) is 69.4. The number of rotatable bonds is 14. The average molecular weight is 1510 g/mol. The highest BCUT2D eigenvalue weighted by atomic mass is 32.1. The van der Waals surface area contributed by atoms with Crippen LogP contribution in [0.25, 0.3) is 172 Å². The van der Waals surface area contributed by atoms with Crippen LogP contribution >= 0.6 is 22.7 Å². The van der Waals surface area contributed by atoms with Gasteiger partial charge in [-0.15, -0.1) is 22.7 Å². The first-order valence-corrected chi connectivity index (χ1v) is 41.3. The molecule has 0 amide bonds. The third-order valence-corrected chi connectivity index (χ3v) is 25.4. The summed E-state index contributed by atoms with van der Waals surface area (Å²) in [5.74, 6) is 0. The van der Waals surface area contributed by atoms with E-state index in [9.17, 15) is 0 Å². The molecule has 0 aliphatic rings. The SMILES string of the molecule is c1ccc(-c2ccc(-c3cccc(N(c4ccc(-c5ccc6c(ccc7ccccc76)c5)cc4)c4ccc(-c5cccc6c5sc5ccccc56)cc4)c3)cc2)cc1.c1ccc(-c2ccc(N(c3ccc(-c4ccc5c(ccc6ccccc65)c4)cc3)c3ccc(-c4cccc5c4sc4ccccc45)cc3)c(-c3ccccc3)c2)cc1. The summed E-state index contributed by atoms with van der Waals surface area (Å²) in [6.07, 6.45) is 0. The van der Waals surface area contributed by atoms with Crippen molar-refractivity contribution in [1.29, 1.82) is 0 Å². The lowest BCUT2D eigenvalue weighted by Crippen LogP contribution is -2.11. The molecule has 544 valence electrons. The molecule has 0 saturated carbocycles. The quantitative estimate of drug-likeness (QED) is 0.100. The van der Waals surface area contributed by atoms with E-state index in [0.29, 0.717) is 0 Å². The first-order chi connectivity index (χ1) is 57.5. The fourth-order valence-electron chi connectivity index (χ4n) is 17.1. The summed E-state index contributed by atoms with van der Waals surface area (Å²) in [6, 6.07) is 164. The molecule has 0 spiro atoms. The van der Waals surface area contributed by atoms with Gasteiger partial charge in [-0.25, -0.2) is 0 Å². The van der Waals surface area contributed by atoms with Gasteiger partial charge in [-0.05, 0) is 224 Å². The van der Waals surface area contributed by atoms with Crippen LogP contribution in [0.3, 0.4) is 0 Å². The molecule has 0 bridgehead atoms. The predicted molar refractivity (Wildman–Crippen MR) is 502 cm³/mol. The molecule has 0 aliphatic heterocycles. The van der Waals surface area contributed by atoms with Gasteiger partial charge in [-0.3, -0.25) is 0 Å². The van der Waals surface area contributed by atoms with E-state index in [1.807, 2.05) is 22.7 Å². The molecule has 20 aromatic carbocycles. The fraction of sp³-hybridized carbons (Fsp3) is 0. The Kier molecular flexibility index (Phi) is 18.1. The van der Waals surface area contributed by atoms with Gasteiger partial charge < -0.3 is 9.80 Å². The van der Waals surface area contributed by atoms with Crippen molar-refractivity contribution in [3.8, 4) is 89.0 Å². The average Bonchev–Trinajstić information content (AvgIpc) is 1.15. The van der Waals surface area contributed by atoms with Gasteiger partial charge in [0.2, 0.25) is 0 Å². The summed E-state index contributed by atoms with van der Waals surface area (Å²) in [6.45, 7) is 0. The highest BCUT2D eigenvalue weighted by molar-refractivity contribution is 7.26. The normalized spacial score (nSPS) is 11.4. The number of hydrogen-bond donors (Lipinski definition) is 0. The van der Waals surface area contributed by atoms with Crippen LogP contribution in [0.2, 0.25) is 0 Å². The Bertz CT molecular complexity index is 7400. The molecule has 0 unspecified atom stereocenters. The topological polar surface area (TPSA) is 6.48 Å².